The maximum absolute atomic E-state index is 13.3. The van der Waals surface area contributed by atoms with Crippen LogP contribution in [-0.2, 0) is 4.79 Å². The van der Waals surface area contributed by atoms with Gasteiger partial charge in [-0.05, 0) is 34.0 Å². The van der Waals surface area contributed by atoms with Crippen LogP contribution < -0.4 is 4.74 Å². The van der Waals surface area contributed by atoms with E-state index < -0.39 is 18.2 Å². The van der Waals surface area contributed by atoms with Crippen molar-refractivity contribution in [3.63, 3.8) is 0 Å². The molecular weight excluding hydrogens is 412 g/mol. The van der Waals surface area contributed by atoms with E-state index in [1.807, 2.05) is 21.0 Å². The second-order valence-corrected chi connectivity index (χ2v) is 8.66. The van der Waals surface area contributed by atoms with Crippen molar-refractivity contribution in [2.75, 3.05) is 47.4 Å². The summed E-state index contributed by atoms with van der Waals surface area (Å²) < 4.78 is 6.16. The predicted molar refractivity (Wildman–Crippen MR) is 120 cm³/mol. The van der Waals surface area contributed by atoms with Crippen LogP contribution in [0.2, 0.25) is 0 Å². The highest BCUT2D eigenvalue weighted by molar-refractivity contribution is 5.97. The quantitative estimate of drug-likeness (QED) is 0.595. The van der Waals surface area contributed by atoms with E-state index in [0.29, 0.717) is 18.7 Å². The van der Waals surface area contributed by atoms with Gasteiger partial charge in [0.15, 0.2) is 0 Å². The normalized spacial score (nSPS) is 20.3. The van der Waals surface area contributed by atoms with Crippen LogP contribution in [0.25, 0.3) is 0 Å². The Morgan fingerprint density at radius 3 is 2.66 bits per heavy atom. The zero-order valence-electron chi connectivity index (χ0n) is 19.7. The molecule has 4 atom stereocenters. The molecule has 0 aliphatic carbocycles. The summed E-state index contributed by atoms with van der Waals surface area (Å²) in [5.41, 5.74) is 0.712. The Kier molecular flexibility index (Phi) is 9.01. The molecule has 0 fully saturated rings. The van der Waals surface area contributed by atoms with Gasteiger partial charge in [-0.15, -0.1) is 0 Å². The Labute approximate surface area is 190 Å². The third-order valence-electron chi connectivity index (χ3n) is 5.28. The Morgan fingerprint density at radius 1 is 1.38 bits per heavy atom. The number of rotatable bonds is 6. The number of fused-ring (bicyclic) bond motifs is 1. The molecule has 0 radical (unpaired) electrons. The van der Waals surface area contributed by atoms with Crippen molar-refractivity contribution in [2.45, 2.75) is 39.0 Å². The lowest BCUT2D eigenvalue weighted by atomic mass is 10.00. The number of aliphatic hydroxyl groups is 2. The Morgan fingerprint density at radius 2 is 2.06 bits per heavy atom. The van der Waals surface area contributed by atoms with Gasteiger partial charge in [0.2, 0.25) is 11.8 Å². The number of pyridine rings is 1. The first-order valence-corrected chi connectivity index (χ1v) is 10.7. The summed E-state index contributed by atoms with van der Waals surface area (Å²) in [6.45, 7) is 6.05. The molecule has 2 rings (SSSR count). The zero-order chi connectivity index (χ0) is 24.0. The van der Waals surface area contributed by atoms with E-state index in [1.165, 1.54) is 6.20 Å². The molecule has 0 saturated heterocycles. The molecule has 1 aliphatic heterocycles. The van der Waals surface area contributed by atoms with Crippen molar-refractivity contribution in [1.29, 1.82) is 0 Å². The van der Waals surface area contributed by atoms with Gasteiger partial charge in [0, 0.05) is 31.3 Å². The second kappa shape index (κ2) is 11.3. The molecule has 9 nitrogen and oxygen atoms in total. The lowest BCUT2D eigenvalue weighted by Gasteiger charge is -2.37. The molecule has 0 aromatic carbocycles. The fraction of sp³-hybridized carbons (Fsp3) is 0.609. The largest absolute Gasteiger partial charge is 0.472 e. The summed E-state index contributed by atoms with van der Waals surface area (Å²) in [5.74, 6) is 5.13. The fourth-order valence-corrected chi connectivity index (χ4v) is 3.34. The maximum atomic E-state index is 13.3. The van der Waals surface area contributed by atoms with Crippen molar-refractivity contribution in [1.82, 2.24) is 19.7 Å². The highest BCUT2D eigenvalue weighted by Gasteiger charge is 2.34. The van der Waals surface area contributed by atoms with E-state index in [4.69, 9.17) is 4.74 Å². The smallest absolute Gasteiger partial charge is 0.259 e. The Hall–Kier alpha value is -2.67. The molecule has 2 amide bonds. The van der Waals surface area contributed by atoms with Crippen LogP contribution in [0, 0.1) is 17.8 Å². The topological polar surface area (TPSA) is 106 Å². The van der Waals surface area contributed by atoms with Crippen molar-refractivity contribution >= 4 is 11.8 Å². The van der Waals surface area contributed by atoms with E-state index >= 15 is 0 Å². The molecular formula is C23H34N4O5. The van der Waals surface area contributed by atoms with Gasteiger partial charge >= 0.3 is 0 Å². The molecule has 9 heteroatoms. The molecule has 0 unspecified atom stereocenters. The molecule has 1 aromatic rings. The first-order valence-electron chi connectivity index (χ1n) is 10.7. The zero-order valence-corrected chi connectivity index (χ0v) is 19.7. The Balaban J connectivity index is 2.42. The minimum Gasteiger partial charge on any atom is -0.472 e. The molecule has 2 heterocycles. The Bertz CT molecular complexity index is 877. The molecule has 0 spiro atoms. The molecule has 1 aromatic heterocycles. The third-order valence-corrected chi connectivity index (χ3v) is 5.28. The number of carbonyl (C=O) groups excluding carboxylic acids is 2. The van der Waals surface area contributed by atoms with Gasteiger partial charge in [0.1, 0.15) is 17.8 Å². The van der Waals surface area contributed by atoms with Crippen LogP contribution in [0.15, 0.2) is 12.3 Å². The lowest BCUT2D eigenvalue weighted by Crippen LogP contribution is -2.51. The van der Waals surface area contributed by atoms with Gasteiger partial charge in [-0.2, -0.15) is 0 Å². The second-order valence-electron chi connectivity index (χ2n) is 8.66. The van der Waals surface area contributed by atoms with Gasteiger partial charge < -0.3 is 29.6 Å². The van der Waals surface area contributed by atoms with E-state index in [-0.39, 0.29) is 42.3 Å². The molecule has 0 saturated carbocycles. The summed E-state index contributed by atoms with van der Waals surface area (Å²) in [6.07, 6.45) is 0.273. The first-order chi connectivity index (χ1) is 15.0. The summed E-state index contributed by atoms with van der Waals surface area (Å²) in [7, 11) is 5.39. The first kappa shape index (κ1) is 25.6. The number of amides is 2. The maximum Gasteiger partial charge on any atom is 0.259 e. The van der Waals surface area contributed by atoms with Crippen molar-refractivity contribution < 1.29 is 24.5 Å². The lowest BCUT2D eigenvalue weighted by molar-refractivity contribution is -0.132. The third kappa shape index (κ3) is 6.66. The standard InChI is InChI=1S/C23H34N4O5/c1-15-11-27(16(2)14-28)23(31)19-9-18(8-7-17(3)29)10-24-22(19)32-20(15)12-26(6)21(30)13-25(4)5/h9-10,15-17,20,28-29H,11-14H2,1-6H3/t15-,16+,17+,20+/m0/s1. The molecule has 176 valence electrons. The minimum absolute atomic E-state index is 0.0403. The van der Waals surface area contributed by atoms with Gasteiger partial charge in [-0.3, -0.25) is 9.59 Å². The molecule has 1 aliphatic rings. The van der Waals surface area contributed by atoms with Crippen LogP contribution in [0.4, 0.5) is 0 Å². The van der Waals surface area contributed by atoms with Gasteiger partial charge in [0.25, 0.3) is 5.91 Å². The van der Waals surface area contributed by atoms with E-state index in [0.717, 1.165) is 0 Å². The predicted octanol–water partition coefficient (Wildman–Crippen LogP) is 0.0540. The van der Waals surface area contributed by atoms with Crippen molar-refractivity contribution in [3.05, 3.63) is 23.4 Å². The number of ether oxygens (including phenoxy) is 1. The van der Waals surface area contributed by atoms with Crippen LogP contribution in [0.1, 0.15) is 36.7 Å². The van der Waals surface area contributed by atoms with Gasteiger partial charge in [0.05, 0.1) is 25.7 Å². The summed E-state index contributed by atoms with van der Waals surface area (Å²) in [5, 5.41) is 19.1. The van der Waals surface area contributed by atoms with Crippen LogP contribution in [0.5, 0.6) is 5.88 Å². The van der Waals surface area contributed by atoms with Gasteiger partial charge in [-0.1, -0.05) is 18.8 Å². The van der Waals surface area contributed by atoms with E-state index in [2.05, 4.69) is 16.8 Å². The average molecular weight is 447 g/mol. The van der Waals surface area contributed by atoms with E-state index in [1.54, 1.807) is 41.7 Å². The fourth-order valence-electron chi connectivity index (χ4n) is 3.34. The van der Waals surface area contributed by atoms with Crippen LogP contribution in [-0.4, -0.2) is 107 Å². The molecule has 2 N–H and O–H groups in total. The number of hydrogen-bond donors (Lipinski definition) is 2. The average Bonchev–Trinajstić information content (AvgIpc) is 2.73. The number of aliphatic hydroxyl groups excluding tert-OH is 2. The van der Waals surface area contributed by atoms with Crippen LogP contribution in [0.3, 0.4) is 0 Å². The van der Waals surface area contributed by atoms with Crippen LogP contribution >= 0.6 is 0 Å². The number of aromatic nitrogens is 1. The van der Waals surface area contributed by atoms with Crippen molar-refractivity contribution in [2.24, 2.45) is 5.92 Å². The number of nitrogens with zero attached hydrogens (tertiary/aromatic N) is 4. The highest BCUT2D eigenvalue weighted by Crippen LogP contribution is 2.27. The summed E-state index contributed by atoms with van der Waals surface area (Å²) >= 11 is 0. The molecule has 32 heavy (non-hydrogen) atoms. The summed E-state index contributed by atoms with van der Waals surface area (Å²) in [6, 6.07) is 1.18. The monoisotopic (exact) mass is 446 g/mol. The molecule has 0 bridgehead atoms. The highest BCUT2D eigenvalue weighted by atomic mass is 16.5. The van der Waals surface area contributed by atoms with E-state index in [9.17, 15) is 19.8 Å². The summed E-state index contributed by atoms with van der Waals surface area (Å²) in [4.78, 5) is 35.1. The SMILES string of the molecule is C[C@H](CO)N1C[C@H](C)[C@@H](CN(C)C(=O)CN(C)C)Oc2ncc(C#C[C@@H](C)O)cc2C1=O. The number of likely N-dealkylation sites (N-methyl/N-ethyl adjacent to an activating group) is 2. The minimum atomic E-state index is -0.810. The number of carbonyl (C=O) groups is 2. The van der Waals surface area contributed by atoms with Crippen molar-refractivity contribution in [3.8, 4) is 17.7 Å². The van der Waals surface area contributed by atoms with Gasteiger partial charge in [-0.25, -0.2) is 4.98 Å². The number of hydrogen-bond acceptors (Lipinski definition) is 7.